The second-order valence-corrected chi connectivity index (χ2v) is 4.46. The minimum absolute atomic E-state index is 0.0624. The van der Waals surface area contributed by atoms with E-state index >= 15 is 0 Å². The molecule has 0 amide bonds. The largest absolute Gasteiger partial charge is 0.327 e. The van der Waals surface area contributed by atoms with Crippen molar-refractivity contribution in [1.82, 2.24) is 0 Å². The van der Waals surface area contributed by atoms with Crippen molar-refractivity contribution < 1.29 is 4.39 Å². The number of hydrogen-bond acceptors (Lipinski definition) is 1. The van der Waals surface area contributed by atoms with Gasteiger partial charge in [-0.1, -0.05) is 6.07 Å². The van der Waals surface area contributed by atoms with Crippen LogP contribution in [0.15, 0.2) is 18.2 Å². The van der Waals surface area contributed by atoms with E-state index in [0.717, 1.165) is 24.0 Å². The normalized spacial score (nSPS) is 20.6. The van der Waals surface area contributed by atoms with Crippen molar-refractivity contribution in [2.24, 2.45) is 5.73 Å². The van der Waals surface area contributed by atoms with Crippen molar-refractivity contribution in [3.05, 3.63) is 35.1 Å². The van der Waals surface area contributed by atoms with E-state index in [0.29, 0.717) is 0 Å². The summed E-state index contributed by atoms with van der Waals surface area (Å²) in [6.07, 6.45) is 2.18. The topological polar surface area (TPSA) is 26.0 Å². The van der Waals surface area contributed by atoms with Crippen molar-refractivity contribution in [3.63, 3.8) is 0 Å². The Morgan fingerprint density at radius 3 is 2.43 bits per heavy atom. The highest BCUT2D eigenvalue weighted by atomic mass is 19.1. The van der Waals surface area contributed by atoms with Crippen LogP contribution in [0, 0.1) is 12.7 Å². The SMILES string of the molecule is Cc1cc(F)cc(C2(C(C)N)CC2)c1. The van der Waals surface area contributed by atoms with Gasteiger partial charge in [-0.05, 0) is 49.9 Å². The van der Waals surface area contributed by atoms with Gasteiger partial charge in [0.1, 0.15) is 5.82 Å². The van der Waals surface area contributed by atoms with E-state index in [4.69, 9.17) is 5.73 Å². The van der Waals surface area contributed by atoms with Crippen LogP contribution < -0.4 is 5.73 Å². The van der Waals surface area contributed by atoms with Crippen LogP contribution in [0.4, 0.5) is 4.39 Å². The van der Waals surface area contributed by atoms with Crippen LogP contribution >= 0.6 is 0 Å². The van der Waals surface area contributed by atoms with Gasteiger partial charge in [-0.15, -0.1) is 0 Å². The standard InChI is InChI=1S/C12H16FN/c1-8-5-10(7-11(13)6-8)12(3-4-12)9(2)14/h5-7,9H,3-4,14H2,1-2H3. The molecule has 1 fully saturated rings. The predicted molar refractivity (Wildman–Crippen MR) is 55.7 cm³/mol. The monoisotopic (exact) mass is 193 g/mol. The van der Waals surface area contributed by atoms with Gasteiger partial charge in [0.05, 0.1) is 0 Å². The first-order valence-electron chi connectivity index (χ1n) is 5.08. The number of halogens is 1. The van der Waals surface area contributed by atoms with E-state index < -0.39 is 0 Å². The van der Waals surface area contributed by atoms with Gasteiger partial charge in [0.25, 0.3) is 0 Å². The average molecular weight is 193 g/mol. The molecule has 1 aliphatic carbocycles. The van der Waals surface area contributed by atoms with E-state index in [-0.39, 0.29) is 17.3 Å². The van der Waals surface area contributed by atoms with Gasteiger partial charge in [0.2, 0.25) is 0 Å². The summed E-state index contributed by atoms with van der Waals surface area (Å²) in [7, 11) is 0. The van der Waals surface area contributed by atoms with Crippen LogP contribution in [0.3, 0.4) is 0 Å². The Morgan fingerprint density at radius 2 is 2.00 bits per heavy atom. The summed E-state index contributed by atoms with van der Waals surface area (Å²) in [4.78, 5) is 0. The molecule has 1 aliphatic rings. The average Bonchev–Trinajstić information content (AvgIpc) is 2.81. The van der Waals surface area contributed by atoms with Gasteiger partial charge < -0.3 is 5.73 Å². The lowest BCUT2D eigenvalue weighted by atomic mass is 9.88. The molecule has 0 spiro atoms. The van der Waals surface area contributed by atoms with E-state index in [1.807, 2.05) is 13.8 Å². The number of rotatable bonds is 2. The molecule has 2 heteroatoms. The second-order valence-electron chi connectivity index (χ2n) is 4.46. The molecule has 2 N–H and O–H groups in total. The third-order valence-corrected chi connectivity index (χ3v) is 3.28. The zero-order valence-corrected chi connectivity index (χ0v) is 8.68. The Kier molecular flexibility index (Phi) is 2.11. The number of nitrogens with two attached hydrogens (primary N) is 1. The van der Waals surface area contributed by atoms with E-state index in [1.165, 1.54) is 0 Å². The summed E-state index contributed by atoms with van der Waals surface area (Å²) < 4.78 is 13.2. The van der Waals surface area contributed by atoms with E-state index in [1.54, 1.807) is 12.1 Å². The van der Waals surface area contributed by atoms with E-state index in [9.17, 15) is 4.39 Å². The molecule has 0 radical (unpaired) electrons. The molecule has 0 bridgehead atoms. The molecule has 0 aromatic heterocycles. The van der Waals surface area contributed by atoms with E-state index in [2.05, 4.69) is 6.07 Å². The molecular formula is C12H16FN. The van der Waals surface area contributed by atoms with Crippen molar-refractivity contribution in [2.75, 3.05) is 0 Å². The fraction of sp³-hybridized carbons (Fsp3) is 0.500. The van der Waals surface area contributed by atoms with Gasteiger partial charge in [0.15, 0.2) is 0 Å². The zero-order chi connectivity index (χ0) is 10.3. The molecule has 1 atom stereocenters. The van der Waals surface area contributed by atoms with Crippen LogP contribution in [-0.4, -0.2) is 6.04 Å². The minimum atomic E-state index is -0.146. The Morgan fingerprint density at radius 1 is 1.36 bits per heavy atom. The van der Waals surface area contributed by atoms with Crippen LogP contribution in [0.2, 0.25) is 0 Å². The van der Waals surface area contributed by atoms with Gasteiger partial charge >= 0.3 is 0 Å². The molecule has 1 saturated carbocycles. The minimum Gasteiger partial charge on any atom is -0.327 e. The smallest absolute Gasteiger partial charge is 0.123 e. The molecule has 1 aromatic rings. The van der Waals surface area contributed by atoms with Gasteiger partial charge in [-0.25, -0.2) is 4.39 Å². The molecule has 1 unspecified atom stereocenters. The first-order valence-corrected chi connectivity index (χ1v) is 5.08. The summed E-state index contributed by atoms with van der Waals surface area (Å²) in [6.45, 7) is 3.93. The quantitative estimate of drug-likeness (QED) is 0.767. The molecular weight excluding hydrogens is 177 g/mol. The zero-order valence-electron chi connectivity index (χ0n) is 8.68. The molecule has 2 rings (SSSR count). The third kappa shape index (κ3) is 1.44. The number of aryl methyl sites for hydroxylation is 1. The fourth-order valence-corrected chi connectivity index (χ4v) is 2.17. The van der Waals surface area contributed by atoms with Crippen LogP contribution in [0.1, 0.15) is 30.9 Å². The first-order chi connectivity index (χ1) is 6.54. The summed E-state index contributed by atoms with van der Waals surface area (Å²) in [5.74, 6) is -0.146. The van der Waals surface area contributed by atoms with Gasteiger partial charge in [0, 0.05) is 11.5 Å². The Bertz CT molecular complexity index is 333. The van der Waals surface area contributed by atoms with Crippen molar-refractivity contribution in [2.45, 2.75) is 38.1 Å². The maximum atomic E-state index is 13.2. The third-order valence-electron chi connectivity index (χ3n) is 3.28. The summed E-state index contributed by atoms with van der Waals surface area (Å²) in [5.41, 5.74) is 8.06. The Balaban J connectivity index is 2.42. The molecule has 0 heterocycles. The van der Waals surface area contributed by atoms with Gasteiger partial charge in [-0.2, -0.15) is 0 Å². The highest BCUT2D eigenvalue weighted by Crippen LogP contribution is 2.50. The van der Waals surface area contributed by atoms with Crippen molar-refractivity contribution in [3.8, 4) is 0 Å². The summed E-state index contributed by atoms with van der Waals surface area (Å²) >= 11 is 0. The molecule has 1 aromatic carbocycles. The highest BCUT2D eigenvalue weighted by molar-refractivity contribution is 5.36. The number of benzene rings is 1. The highest BCUT2D eigenvalue weighted by Gasteiger charge is 2.47. The lowest BCUT2D eigenvalue weighted by Crippen LogP contribution is -2.31. The van der Waals surface area contributed by atoms with Gasteiger partial charge in [-0.3, -0.25) is 0 Å². The maximum Gasteiger partial charge on any atom is 0.123 e. The predicted octanol–water partition coefficient (Wildman–Crippen LogP) is 2.51. The molecule has 1 nitrogen and oxygen atoms in total. The Labute approximate surface area is 84.1 Å². The molecule has 0 saturated heterocycles. The fourth-order valence-electron chi connectivity index (χ4n) is 2.17. The molecule has 0 aliphatic heterocycles. The lowest BCUT2D eigenvalue weighted by molar-refractivity contribution is 0.548. The first kappa shape index (κ1) is 9.66. The lowest BCUT2D eigenvalue weighted by Gasteiger charge is -2.20. The molecule has 76 valence electrons. The maximum absolute atomic E-state index is 13.2. The van der Waals surface area contributed by atoms with Crippen molar-refractivity contribution >= 4 is 0 Å². The van der Waals surface area contributed by atoms with Crippen molar-refractivity contribution in [1.29, 1.82) is 0 Å². The van der Waals surface area contributed by atoms with Crippen LogP contribution in [0.25, 0.3) is 0 Å². The van der Waals surface area contributed by atoms with Crippen LogP contribution in [0.5, 0.6) is 0 Å². The number of hydrogen-bond donors (Lipinski definition) is 1. The van der Waals surface area contributed by atoms with Crippen LogP contribution in [-0.2, 0) is 5.41 Å². The summed E-state index contributed by atoms with van der Waals surface area (Å²) in [5, 5.41) is 0. The summed E-state index contributed by atoms with van der Waals surface area (Å²) in [6, 6.07) is 5.35. The molecule has 14 heavy (non-hydrogen) atoms. The Hall–Kier alpha value is -0.890. The second kappa shape index (κ2) is 3.06.